The van der Waals surface area contributed by atoms with Crippen molar-refractivity contribution in [3.05, 3.63) is 46.8 Å². The standard InChI is InChI=1S/C18H17N5O2/c1-9-4-5-13(25-3)10(2)15(9)23-16-11(6-19)7-22-8-12(16)14(17(23)20)18(21)24/h4-5,7-8H,20H2,1-3H3,(H2,21,24). The number of rotatable bonds is 3. The quantitative estimate of drug-likeness (QED) is 0.760. The van der Waals surface area contributed by atoms with E-state index in [1.807, 2.05) is 26.0 Å². The Kier molecular flexibility index (Phi) is 3.81. The summed E-state index contributed by atoms with van der Waals surface area (Å²) in [6.07, 6.45) is 2.93. The van der Waals surface area contributed by atoms with Crippen molar-refractivity contribution >= 4 is 22.6 Å². The van der Waals surface area contributed by atoms with Crippen molar-refractivity contribution in [2.24, 2.45) is 5.73 Å². The number of anilines is 1. The molecule has 0 aliphatic carbocycles. The van der Waals surface area contributed by atoms with E-state index in [-0.39, 0.29) is 11.4 Å². The van der Waals surface area contributed by atoms with Gasteiger partial charge in [0.25, 0.3) is 5.91 Å². The second-order valence-corrected chi connectivity index (χ2v) is 5.71. The second kappa shape index (κ2) is 5.83. The third-order valence-electron chi connectivity index (χ3n) is 4.30. The van der Waals surface area contributed by atoms with Crippen LogP contribution in [0.1, 0.15) is 27.0 Å². The van der Waals surface area contributed by atoms with E-state index in [4.69, 9.17) is 16.2 Å². The van der Waals surface area contributed by atoms with Crippen molar-refractivity contribution in [2.75, 3.05) is 12.8 Å². The van der Waals surface area contributed by atoms with E-state index in [1.165, 1.54) is 12.4 Å². The lowest BCUT2D eigenvalue weighted by atomic mass is 10.1. The Morgan fingerprint density at radius 1 is 1.32 bits per heavy atom. The number of benzene rings is 1. The van der Waals surface area contributed by atoms with Crippen LogP contribution in [0.2, 0.25) is 0 Å². The molecular weight excluding hydrogens is 318 g/mol. The van der Waals surface area contributed by atoms with Gasteiger partial charge >= 0.3 is 0 Å². The molecular formula is C18H17N5O2. The summed E-state index contributed by atoms with van der Waals surface area (Å²) < 4.78 is 7.09. The third kappa shape index (κ3) is 2.27. The third-order valence-corrected chi connectivity index (χ3v) is 4.30. The van der Waals surface area contributed by atoms with Crippen LogP contribution in [0.15, 0.2) is 24.5 Å². The number of nitrogens with two attached hydrogens (primary N) is 2. The molecule has 0 aliphatic heterocycles. The fraction of sp³-hybridized carbons (Fsp3) is 0.167. The molecule has 1 amide bonds. The summed E-state index contributed by atoms with van der Waals surface area (Å²) >= 11 is 0. The van der Waals surface area contributed by atoms with Crippen LogP contribution < -0.4 is 16.2 Å². The lowest BCUT2D eigenvalue weighted by molar-refractivity contribution is 0.100. The van der Waals surface area contributed by atoms with Crippen molar-refractivity contribution in [1.82, 2.24) is 9.55 Å². The van der Waals surface area contributed by atoms with Crippen LogP contribution in [0.5, 0.6) is 5.75 Å². The summed E-state index contributed by atoms with van der Waals surface area (Å²) in [5.74, 6) is 0.179. The number of aryl methyl sites for hydroxylation is 1. The van der Waals surface area contributed by atoms with Crippen molar-refractivity contribution < 1.29 is 9.53 Å². The highest BCUT2D eigenvalue weighted by molar-refractivity contribution is 6.12. The molecule has 0 spiro atoms. The zero-order chi connectivity index (χ0) is 18.3. The molecule has 0 aliphatic rings. The maximum absolute atomic E-state index is 12.0. The number of aromatic nitrogens is 2. The van der Waals surface area contributed by atoms with Gasteiger partial charge in [0, 0.05) is 23.3 Å². The number of carbonyl (C=O) groups is 1. The molecule has 0 saturated heterocycles. The van der Waals surface area contributed by atoms with Gasteiger partial charge in [-0.05, 0) is 25.5 Å². The van der Waals surface area contributed by atoms with E-state index >= 15 is 0 Å². The first-order chi connectivity index (χ1) is 11.9. The summed E-state index contributed by atoms with van der Waals surface area (Å²) in [6, 6.07) is 5.86. The zero-order valence-electron chi connectivity index (χ0n) is 14.1. The number of methoxy groups -OCH3 is 1. The first-order valence-electron chi connectivity index (χ1n) is 7.54. The smallest absolute Gasteiger partial charge is 0.253 e. The van der Waals surface area contributed by atoms with Gasteiger partial charge in [-0.2, -0.15) is 5.26 Å². The number of carbonyl (C=O) groups excluding carboxylic acids is 1. The predicted octanol–water partition coefficient (Wildman–Crippen LogP) is 2.20. The molecule has 2 aromatic heterocycles. The average Bonchev–Trinajstić information content (AvgIpc) is 2.87. The predicted molar refractivity (Wildman–Crippen MR) is 94.7 cm³/mol. The van der Waals surface area contributed by atoms with Crippen LogP contribution in [-0.2, 0) is 0 Å². The molecule has 0 unspecified atom stereocenters. The molecule has 4 N–H and O–H groups in total. The molecule has 3 rings (SSSR count). The molecule has 0 saturated carbocycles. The van der Waals surface area contributed by atoms with E-state index in [2.05, 4.69) is 11.1 Å². The van der Waals surface area contributed by atoms with E-state index in [9.17, 15) is 10.1 Å². The number of nitrogen functional groups attached to an aromatic ring is 1. The second-order valence-electron chi connectivity index (χ2n) is 5.71. The van der Waals surface area contributed by atoms with Gasteiger partial charge in [0.05, 0.1) is 29.4 Å². The Bertz CT molecular complexity index is 1060. The van der Waals surface area contributed by atoms with E-state index in [0.29, 0.717) is 22.2 Å². The molecule has 0 fully saturated rings. The van der Waals surface area contributed by atoms with E-state index in [1.54, 1.807) is 11.7 Å². The summed E-state index contributed by atoms with van der Waals surface area (Å²) in [5, 5.41) is 9.95. The number of hydrogen-bond acceptors (Lipinski definition) is 5. The van der Waals surface area contributed by atoms with Gasteiger partial charge in [-0.1, -0.05) is 6.07 Å². The van der Waals surface area contributed by atoms with Gasteiger partial charge in [0.2, 0.25) is 0 Å². The molecule has 7 heteroatoms. The zero-order valence-corrected chi connectivity index (χ0v) is 14.1. The Labute approximate surface area is 144 Å². The number of fused-ring (bicyclic) bond motifs is 1. The summed E-state index contributed by atoms with van der Waals surface area (Å²) in [4.78, 5) is 16.0. The summed E-state index contributed by atoms with van der Waals surface area (Å²) in [6.45, 7) is 3.81. The number of nitrogens with zero attached hydrogens (tertiary/aromatic N) is 3. The Morgan fingerprint density at radius 3 is 2.64 bits per heavy atom. The molecule has 7 nitrogen and oxygen atoms in total. The molecule has 126 valence electrons. The SMILES string of the molecule is COc1ccc(C)c(-n2c(N)c(C(N)=O)c3cncc(C#N)c32)c1C. The summed E-state index contributed by atoms with van der Waals surface area (Å²) in [5.41, 5.74) is 15.3. The van der Waals surface area contributed by atoms with Gasteiger partial charge in [-0.3, -0.25) is 14.3 Å². The number of pyridine rings is 1. The van der Waals surface area contributed by atoms with Crippen molar-refractivity contribution in [2.45, 2.75) is 13.8 Å². The largest absolute Gasteiger partial charge is 0.496 e. The van der Waals surface area contributed by atoms with Gasteiger partial charge in [0.15, 0.2) is 0 Å². The minimum absolute atomic E-state index is 0.154. The average molecular weight is 335 g/mol. The van der Waals surface area contributed by atoms with Gasteiger partial charge in [0.1, 0.15) is 17.6 Å². The number of nitriles is 1. The summed E-state index contributed by atoms with van der Waals surface area (Å²) in [7, 11) is 1.58. The number of amides is 1. The molecule has 2 heterocycles. The monoisotopic (exact) mass is 335 g/mol. The highest BCUT2D eigenvalue weighted by atomic mass is 16.5. The Hall–Kier alpha value is -3.53. The molecule has 25 heavy (non-hydrogen) atoms. The van der Waals surface area contributed by atoms with Crippen LogP contribution in [-0.4, -0.2) is 22.6 Å². The minimum Gasteiger partial charge on any atom is -0.496 e. The topological polar surface area (TPSA) is 120 Å². The maximum atomic E-state index is 12.0. The van der Waals surface area contributed by atoms with Crippen LogP contribution >= 0.6 is 0 Å². The minimum atomic E-state index is -0.670. The van der Waals surface area contributed by atoms with Crippen LogP contribution in [0.25, 0.3) is 16.6 Å². The fourth-order valence-corrected chi connectivity index (χ4v) is 3.20. The van der Waals surface area contributed by atoms with Crippen LogP contribution in [0.3, 0.4) is 0 Å². The lowest BCUT2D eigenvalue weighted by Crippen LogP contribution is -2.14. The van der Waals surface area contributed by atoms with E-state index in [0.717, 1.165) is 16.8 Å². The van der Waals surface area contributed by atoms with Gasteiger partial charge < -0.3 is 16.2 Å². The molecule has 3 aromatic rings. The number of ether oxygens (including phenoxy) is 1. The number of hydrogen-bond donors (Lipinski definition) is 2. The molecule has 0 atom stereocenters. The maximum Gasteiger partial charge on any atom is 0.253 e. The number of primary amides is 1. The van der Waals surface area contributed by atoms with Gasteiger partial charge in [-0.25, -0.2) is 0 Å². The highest BCUT2D eigenvalue weighted by Gasteiger charge is 2.24. The normalized spacial score (nSPS) is 10.6. The van der Waals surface area contributed by atoms with Crippen molar-refractivity contribution in [3.8, 4) is 17.5 Å². The van der Waals surface area contributed by atoms with Gasteiger partial charge in [-0.15, -0.1) is 0 Å². The molecule has 0 bridgehead atoms. The van der Waals surface area contributed by atoms with Crippen molar-refractivity contribution in [3.63, 3.8) is 0 Å². The van der Waals surface area contributed by atoms with E-state index < -0.39 is 5.91 Å². The first kappa shape index (κ1) is 16.3. The van der Waals surface area contributed by atoms with Crippen molar-refractivity contribution in [1.29, 1.82) is 5.26 Å². The highest BCUT2D eigenvalue weighted by Crippen LogP contribution is 2.37. The first-order valence-corrected chi connectivity index (χ1v) is 7.54. The lowest BCUT2D eigenvalue weighted by Gasteiger charge is -2.17. The molecule has 0 radical (unpaired) electrons. The van der Waals surface area contributed by atoms with Crippen LogP contribution in [0, 0.1) is 25.2 Å². The fourth-order valence-electron chi connectivity index (χ4n) is 3.20. The molecule has 1 aromatic carbocycles. The Morgan fingerprint density at radius 2 is 2.04 bits per heavy atom. The van der Waals surface area contributed by atoms with Crippen LogP contribution in [0.4, 0.5) is 5.82 Å². The Balaban J connectivity index is 2.57.